The van der Waals surface area contributed by atoms with E-state index in [9.17, 15) is 9.59 Å². The molecule has 0 aliphatic heterocycles. The number of ether oxygens (including phenoxy) is 2. The van der Waals surface area contributed by atoms with Crippen LogP contribution < -0.4 is 10.2 Å². The van der Waals surface area contributed by atoms with Crippen LogP contribution in [-0.4, -0.2) is 19.0 Å². The minimum atomic E-state index is -1.15. The molecule has 220 valence electrons. The van der Waals surface area contributed by atoms with Crippen LogP contribution in [0.4, 0.5) is 0 Å². The summed E-state index contributed by atoms with van der Waals surface area (Å²) in [6.45, 7) is 0.383. The highest BCUT2D eigenvalue weighted by atomic mass is 16.7. The van der Waals surface area contributed by atoms with Gasteiger partial charge in [-0.2, -0.15) is 0 Å². The summed E-state index contributed by atoms with van der Waals surface area (Å²) in [5, 5.41) is 0. The molecule has 2 atom stereocenters. The van der Waals surface area contributed by atoms with E-state index in [4.69, 9.17) is 14.3 Å². The van der Waals surface area contributed by atoms with Crippen LogP contribution in [0.2, 0.25) is 0 Å². The SMILES string of the molecule is COC(=O)[C@@]1(c2cccc(OCc3ccccc3)c2)CC1C(=O)NOC(c1ccccc1)(c1ccccc1)c1ccccc1. The second-order valence-electron chi connectivity index (χ2n) is 10.9. The molecule has 0 spiro atoms. The molecule has 0 bridgehead atoms. The van der Waals surface area contributed by atoms with Crippen molar-refractivity contribution in [1.82, 2.24) is 5.48 Å². The summed E-state index contributed by atoms with van der Waals surface area (Å²) in [7, 11) is 1.34. The van der Waals surface area contributed by atoms with Crippen molar-refractivity contribution in [3.8, 4) is 5.75 Å². The second kappa shape index (κ2) is 12.6. The van der Waals surface area contributed by atoms with Gasteiger partial charge in [0.1, 0.15) is 17.8 Å². The average Bonchev–Trinajstić information content (AvgIpc) is 3.87. The predicted octanol–water partition coefficient (Wildman–Crippen LogP) is 6.74. The summed E-state index contributed by atoms with van der Waals surface area (Å²) >= 11 is 0. The van der Waals surface area contributed by atoms with Crippen LogP contribution in [0.15, 0.2) is 146 Å². The van der Waals surface area contributed by atoms with E-state index in [0.717, 1.165) is 22.3 Å². The van der Waals surface area contributed by atoms with Crippen molar-refractivity contribution in [3.05, 3.63) is 173 Å². The molecule has 0 aromatic heterocycles. The number of benzene rings is 5. The number of esters is 1. The molecule has 1 saturated carbocycles. The van der Waals surface area contributed by atoms with Gasteiger partial charge in [0.05, 0.1) is 13.0 Å². The molecular formula is C38H33NO5. The maximum absolute atomic E-state index is 13.9. The Kier molecular flexibility index (Phi) is 8.26. The fraction of sp³-hybridized carbons (Fsp3) is 0.158. The van der Waals surface area contributed by atoms with Crippen LogP contribution in [0.1, 0.15) is 34.2 Å². The molecule has 1 amide bonds. The van der Waals surface area contributed by atoms with Gasteiger partial charge >= 0.3 is 5.97 Å². The summed E-state index contributed by atoms with van der Waals surface area (Å²) in [6, 6.07) is 46.5. The molecule has 5 aromatic rings. The smallest absolute Gasteiger partial charge is 0.317 e. The van der Waals surface area contributed by atoms with Gasteiger partial charge in [-0.15, -0.1) is 0 Å². The number of methoxy groups -OCH3 is 1. The number of carbonyl (C=O) groups excluding carboxylic acids is 2. The molecule has 0 radical (unpaired) electrons. The quantitative estimate of drug-likeness (QED) is 0.106. The van der Waals surface area contributed by atoms with Crippen molar-refractivity contribution in [3.63, 3.8) is 0 Å². The molecule has 1 aliphatic rings. The van der Waals surface area contributed by atoms with Gasteiger partial charge in [0.25, 0.3) is 0 Å². The zero-order valence-corrected chi connectivity index (χ0v) is 24.4. The van der Waals surface area contributed by atoms with E-state index >= 15 is 0 Å². The van der Waals surface area contributed by atoms with E-state index in [-0.39, 0.29) is 6.42 Å². The molecule has 44 heavy (non-hydrogen) atoms. The van der Waals surface area contributed by atoms with E-state index < -0.39 is 28.8 Å². The standard InChI is InChI=1S/C38H33NO5/c1-42-36(41)37(32-23-14-24-33(25-32)43-27-28-15-6-2-7-16-28)26-34(37)35(40)39-44-38(29-17-8-3-9-18-29,30-19-10-4-11-20-30)31-21-12-5-13-22-31/h2-25,34H,26-27H2,1H3,(H,39,40)/t34?,37-/m1/s1. The van der Waals surface area contributed by atoms with E-state index in [1.54, 1.807) is 0 Å². The van der Waals surface area contributed by atoms with Crippen LogP contribution in [0, 0.1) is 5.92 Å². The fourth-order valence-corrected chi connectivity index (χ4v) is 5.92. The molecule has 1 unspecified atom stereocenters. The van der Waals surface area contributed by atoms with Crippen LogP contribution >= 0.6 is 0 Å². The highest BCUT2D eigenvalue weighted by Gasteiger charge is 2.66. The molecule has 5 aromatic carbocycles. The summed E-state index contributed by atoms with van der Waals surface area (Å²) < 4.78 is 11.3. The van der Waals surface area contributed by atoms with E-state index in [1.807, 2.05) is 146 Å². The van der Waals surface area contributed by atoms with Crippen LogP contribution in [0.5, 0.6) is 5.75 Å². The van der Waals surface area contributed by atoms with E-state index in [0.29, 0.717) is 17.9 Å². The lowest BCUT2D eigenvalue weighted by Gasteiger charge is -2.35. The Hall–Kier alpha value is -5.20. The van der Waals surface area contributed by atoms with Crippen molar-refractivity contribution in [1.29, 1.82) is 0 Å². The highest BCUT2D eigenvalue weighted by Crippen LogP contribution is 2.56. The van der Waals surface area contributed by atoms with Gasteiger partial charge in [0, 0.05) is 0 Å². The minimum Gasteiger partial charge on any atom is -0.489 e. The summed E-state index contributed by atoms with van der Waals surface area (Å²) in [5.74, 6) is -0.969. The summed E-state index contributed by atoms with van der Waals surface area (Å²) in [5.41, 5.74) is 4.69. The molecule has 1 aliphatic carbocycles. The van der Waals surface area contributed by atoms with Crippen molar-refractivity contribution in [2.45, 2.75) is 24.0 Å². The lowest BCUT2D eigenvalue weighted by Crippen LogP contribution is -2.42. The maximum atomic E-state index is 13.9. The van der Waals surface area contributed by atoms with Crippen molar-refractivity contribution in [2.75, 3.05) is 7.11 Å². The van der Waals surface area contributed by atoms with E-state index in [2.05, 4.69) is 5.48 Å². The lowest BCUT2D eigenvalue weighted by molar-refractivity contribution is -0.150. The van der Waals surface area contributed by atoms with Crippen molar-refractivity contribution >= 4 is 11.9 Å². The summed E-state index contributed by atoms with van der Waals surface area (Å²) in [6.07, 6.45) is 0.284. The Morgan fingerprint density at radius 3 is 1.77 bits per heavy atom. The Labute approximate surface area is 257 Å². The van der Waals surface area contributed by atoms with Crippen LogP contribution in [0.3, 0.4) is 0 Å². The third-order valence-electron chi connectivity index (χ3n) is 8.27. The van der Waals surface area contributed by atoms with Gasteiger partial charge < -0.3 is 9.47 Å². The van der Waals surface area contributed by atoms with Gasteiger partial charge in [-0.3, -0.25) is 14.4 Å². The number of amides is 1. The first-order chi connectivity index (χ1) is 21.6. The number of hydroxylamine groups is 1. The Morgan fingerprint density at radius 1 is 0.727 bits per heavy atom. The number of hydrogen-bond acceptors (Lipinski definition) is 5. The molecule has 0 heterocycles. The van der Waals surface area contributed by atoms with Crippen molar-refractivity contribution in [2.24, 2.45) is 5.92 Å². The lowest BCUT2D eigenvalue weighted by atomic mass is 9.80. The Balaban J connectivity index is 1.29. The third kappa shape index (κ3) is 5.48. The molecular weight excluding hydrogens is 550 g/mol. The second-order valence-corrected chi connectivity index (χ2v) is 10.9. The first-order valence-electron chi connectivity index (χ1n) is 14.6. The molecule has 1 fully saturated rings. The number of hydrogen-bond donors (Lipinski definition) is 1. The van der Waals surface area contributed by atoms with Crippen LogP contribution in [-0.2, 0) is 36.8 Å². The topological polar surface area (TPSA) is 73.9 Å². The first kappa shape index (κ1) is 28.9. The number of nitrogens with one attached hydrogen (secondary N) is 1. The van der Waals surface area contributed by atoms with Gasteiger partial charge in [0.2, 0.25) is 5.91 Å². The molecule has 6 rings (SSSR count). The molecule has 6 heteroatoms. The molecule has 0 saturated heterocycles. The van der Waals surface area contributed by atoms with Crippen LogP contribution in [0.25, 0.3) is 0 Å². The molecule has 1 N–H and O–H groups in total. The summed E-state index contributed by atoms with van der Waals surface area (Å²) in [4.78, 5) is 33.7. The average molecular weight is 584 g/mol. The largest absolute Gasteiger partial charge is 0.489 e. The fourth-order valence-electron chi connectivity index (χ4n) is 5.92. The number of rotatable bonds is 11. The van der Waals surface area contributed by atoms with Gasteiger partial charge in [-0.1, -0.05) is 133 Å². The van der Waals surface area contributed by atoms with E-state index in [1.165, 1.54) is 7.11 Å². The first-order valence-corrected chi connectivity index (χ1v) is 14.6. The Morgan fingerprint density at radius 2 is 1.25 bits per heavy atom. The maximum Gasteiger partial charge on any atom is 0.317 e. The predicted molar refractivity (Wildman–Crippen MR) is 167 cm³/mol. The van der Waals surface area contributed by atoms with Gasteiger partial charge in [0.15, 0.2) is 5.60 Å². The number of carbonyl (C=O) groups is 2. The van der Waals surface area contributed by atoms with Gasteiger partial charge in [-0.05, 0) is 46.4 Å². The van der Waals surface area contributed by atoms with Crippen molar-refractivity contribution < 1.29 is 23.9 Å². The monoisotopic (exact) mass is 583 g/mol. The Bertz CT molecular complexity index is 1610. The zero-order chi connectivity index (χ0) is 30.4. The minimum absolute atomic E-state index is 0.284. The van der Waals surface area contributed by atoms with Gasteiger partial charge in [-0.25, -0.2) is 5.48 Å². The normalized spacial score (nSPS) is 17.3. The third-order valence-corrected chi connectivity index (χ3v) is 8.27. The zero-order valence-electron chi connectivity index (χ0n) is 24.4. The highest BCUT2D eigenvalue weighted by molar-refractivity contribution is 5.98. The molecule has 6 nitrogen and oxygen atoms in total.